The molecule has 1 aromatic carbocycles. The van der Waals surface area contributed by atoms with E-state index >= 15 is 0 Å². The summed E-state index contributed by atoms with van der Waals surface area (Å²) in [6, 6.07) is 8.54. The van der Waals surface area contributed by atoms with Crippen LogP contribution < -0.4 is 11.1 Å². The molecule has 0 aliphatic rings. The van der Waals surface area contributed by atoms with Crippen LogP contribution >= 0.6 is 35.0 Å². The predicted molar refractivity (Wildman–Crippen MR) is 95.2 cm³/mol. The lowest BCUT2D eigenvalue weighted by Gasteiger charge is -2.18. The Balaban J connectivity index is 0.00000361. The summed E-state index contributed by atoms with van der Waals surface area (Å²) < 4.78 is 1.25. The minimum absolute atomic E-state index is 0. The molecule has 0 aromatic heterocycles. The van der Waals surface area contributed by atoms with Gasteiger partial charge >= 0.3 is 0 Å². The van der Waals surface area contributed by atoms with Crippen molar-refractivity contribution in [1.82, 2.24) is 5.32 Å². The smallest absolute Gasteiger partial charge is 0.220 e. The maximum Gasteiger partial charge on any atom is 0.220 e. The number of benzene rings is 1. The molecule has 0 unspecified atom stereocenters. The molecule has 20 heavy (non-hydrogen) atoms. The van der Waals surface area contributed by atoms with Gasteiger partial charge in [0.05, 0.1) is 0 Å². The Morgan fingerprint density at radius 2 is 1.85 bits per heavy atom. The highest BCUT2D eigenvalue weighted by atomic mass is 127. The van der Waals surface area contributed by atoms with Gasteiger partial charge in [-0.1, -0.05) is 12.1 Å². The molecule has 1 aromatic rings. The van der Waals surface area contributed by atoms with Gasteiger partial charge in [-0.15, -0.1) is 12.4 Å². The summed E-state index contributed by atoms with van der Waals surface area (Å²) >= 11 is 2.30. The van der Waals surface area contributed by atoms with E-state index in [2.05, 4.69) is 52.2 Å². The second-order valence-electron chi connectivity index (χ2n) is 5.60. The van der Waals surface area contributed by atoms with Crippen LogP contribution in [0, 0.1) is 3.57 Å². The van der Waals surface area contributed by atoms with E-state index in [0.29, 0.717) is 13.0 Å². The monoisotopic (exact) mass is 410 g/mol. The topological polar surface area (TPSA) is 55.1 Å². The maximum absolute atomic E-state index is 11.6. The molecule has 0 fully saturated rings. The van der Waals surface area contributed by atoms with Gasteiger partial charge in [0.25, 0.3) is 0 Å². The van der Waals surface area contributed by atoms with Crippen molar-refractivity contribution in [2.45, 2.75) is 45.1 Å². The summed E-state index contributed by atoms with van der Waals surface area (Å²) in [6.07, 6.45) is 3.58. The first kappa shape index (κ1) is 19.7. The zero-order chi connectivity index (χ0) is 14.3. The summed E-state index contributed by atoms with van der Waals surface area (Å²) in [6.45, 7) is 4.34. The Bertz CT molecular complexity index is 401. The first-order chi connectivity index (χ1) is 8.87. The zero-order valence-corrected chi connectivity index (χ0v) is 15.1. The second-order valence-corrected chi connectivity index (χ2v) is 6.84. The maximum atomic E-state index is 11.6. The van der Waals surface area contributed by atoms with E-state index in [-0.39, 0.29) is 23.9 Å². The van der Waals surface area contributed by atoms with Gasteiger partial charge in [-0.3, -0.25) is 4.79 Å². The minimum Gasteiger partial charge on any atom is -0.354 e. The SMILES string of the molecule is CC(C)(N)CNC(=O)CCCCc1ccc(I)cc1.Cl. The average molecular weight is 411 g/mol. The molecular weight excluding hydrogens is 387 g/mol. The van der Waals surface area contributed by atoms with E-state index in [1.54, 1.807) is 0 Å². The number of carbonyl (C=O) groups is 1. The molecule has 0 radical (unpaired) electrons. The van der Waals surface area contributed by atoms with Crippen molar-refractivity contribution in [3.05, 3.63) is 33.4 Å². The first-order valence-corrected chi connectivity index (χ1v) is 7.75. The van der Waals surface area contributed by atoms with Crippen molar-refractivity contribution >= 4 is 40.9 Å². The lowest BCUT2D eigenvalue weighted by atomic mass is 10.1. The molecule has 0 heterocycles. The molecule has 1 amide bonds. The van der Waals surface area contributed by atoms with Crippen LogP contribution in [0.25, 0.3) is 0 Å². The number of rotatable bonds is 7. The summed E-state index contributed by atoms with van der Waals surface area (Å²) in [5.74, 6) is 0.0983. The van der Waals surface area contributed by atoms with E-state index in [9.17, 15) is 4.79 Å². The Hall–Kier alpha value is -0.330. The Kier molecular flexibility index (Phi) is 9.42. The number of amides is 1. The highest BCUT2D eigenvalue weighted by molar-refractivity contribution is 14.1. The van der Waals surface area contributed by atoms with E-state index in [1.165, 1.54) is 9.13 Å². The fourth-order valence-electron chi connectivity index (χ4n) is 1.68. The van der Waals surface area contributed by atoms with Crippen LogP contribution in [0.3, 0.4) is 0 Å². The third-order valence-corrected chi connectivity index (χ3v) is 3.49. The molecular formula is C15H24ClIN2O. The number of nitrogens with one attached hydrogen (secondary N) is 1. The van der Waals surface area contributed by atoms with E-state index in [1.807, 2.05) is 13.8 Å². The van der Waals surface area contributed by atoms with Crippen molar-refractivity contribution in [2.24, 2.45) is 5.73 Å². The molecule has 0 spiro atoms. The van der Waals surface area contributed by atoms with Crippen molar-refractivity contribution in [3.8, 4) is 0 Å². The standard InChI is InChI=1S/C15H23IN2O.ClH/c1-15(2,17)11-18-14(19)6-4-3-5-12-7-9-13(16)10-8-12;/h7-10H,3-6,11,17H2,1-2H3,(H,18,19);1H. The van der Waals surface area contributed by atoms with Crippen molar-refractivity contribution in [2.75, 3.05) is 6.54 Å². The summed E-state index contributed by atoms with van der Waals surface area (Å²) in [5, 5.41) is 2.86. The number of halogens is 2. The van der Waals surface area contributed by atoms with Crippen LogP contribution in [0.1, 0.15) is 38.7 Å². The number of hydrogen-bond acceptors (Lipinski definition) is 2. The Morgan fingerprint density at radius 1 is 1.25 bits per heavy atom. The molecule has 0 aliphatic heterocycles. The minimum atomic E-state index is -0.336. The van der Waals surface area contributed by atoms with Crippen LogP contribution in [-0.2, 0) is 11.2 Å². The van der Waals surface area contributed by atoms with Gasteiger partial charge in [-0.05, 0) is 73.4 Å². The molecule has 1 rings (SSSR count). The van der Waals surface area contributed by atoms with Crippen molar-refractivity contribution in [3.63, 3.8) is 0 Å². The molecule has 3 N–H and O–H groups in total. The molecule has 3 nitrogen and oxygen atoms in total. The van der Waals surface area contributed by atoms with Crippen molar-refractivity contribution < 1.29 is 4.79 Å². The van der Waals surface area contributed by atoms with Gasteiger partial charge in [0, 0.05) is 22.1 Å². The van der Waals surface area contributed by atoms with E-state index < -0.39 is 0 Å². The number of aryl methyl sites for hydroxylation is 1. The van der Waals surface area contributed by atoms with E-state index in [0.717, 1.165) is 19.3 Å². The highest BCUT2D eigenvalue weighted by Crippen LogP contribution is 2.10. The summed E-state index contributed by atoms with van der Waals surface area (Å²) in [7, 11) is 0. The molecule has 0 saturated heterocycles. The Labute approximate surface area is 141 Å². The molecule has 0 bridgehead atoms. The Morgan fingerprint density at radius 3 is 2.40 bits per heavy atom. The van der Waals surface area contributed by atoms with Crippen LogP contribution in [-0.4, -0.2) is 18.0 Å². The third kappa shape index (κ3) is 9.55. The number of unbranched alkanes of at least 4 members (excludes halogenated alkanes) is 1. The van der Waals surface area contributed by atoms with Crippen LogP contribution in [0.15, 0.2) is 24.3 Å². The lowest BCUT2D eigenvalue weighted by Crippen LogP contribution is -2.45. The van der Waals surface area contributed by atoms with E-state index in [4.69, 9.17) is 5.73 Å². The number of carbonyl (C=O) groups excluding carboxylic acids is 1. The second kappa shape index (κ2) is 9.58. The van der Waals surface area contributed by atoms with Crippen molar-refractivity contribution in [1.29, 1.82) is 0 Å². The third-order valence-electron chi connectivity index (χ3n) is 2.77. The summed E-state index contributed by atoms with van der Waals surface area (Å²) in [4.78, 5) is 11.6. The predicted octanol–water partition coefficient (Wildman–Crippen LogP) is 3.28. The first-order valence-electron chi connectivity index (χ1n) is 6.67. The van der Waals surface area contributed by atoms with Crippen LogP contribution in [0.2, 0.25) is 0 Å². The van der Waals surface area contributed by atoms with Crippen LogP contribution in [0.4, 0.5) is 0 Å². The van der Waals surface area contributed by atoms with Gasteiger partial charge in [0.15, 0.2) is 0 Å². The fraction of sp³-hybridized carbons (Fsp3) is 0.533. The average Bonchev–Trinajstić information content (AvgIpc) is 2.33. The highest BCUT2D eigenvalue weighted by Gasteiger charge is 2.11. The van der Waals surface area contributed by atoms with Gasteiger partial charge in [-0.25, -0.2) is 0 Å². The van der Waals surface area contributed by atoms with Gasteiger partial charge in [-0.2, -0.15) is 0 Å². The van der Waals surface area contributed by atoms with Gasteiger partial charge < -0.3 is 11.1 Å². The summed E-state index contributed by atoms with van der Waals surface area (Å²) in [5.41, 5.74) is 6.81. The molecule has 0 atom stereocenters. The quantitative estimate of drug-likeness (QED) is 0.535. The molecule has 0 saturated carbocycles. The molecule has 114 valence electrons. The normalized spacial score (nSPS) is 10.8. The zero-order valence-electron chi connectivity index (χ0n) is 12.1. The largest absolute Gasteiger partial charge is 0.354 e. The van der Waals surface area contributed by atoms with Gasteiger partial charge in [0.2, 0.25) is 5.91 Å². The fourth-order valence-corrected chi connectivity index (χ4v) is 2.04. The van der Waals surface area contributed by atoms with Gasteiger partial charge in [0.1, 0.15) is 0 Å². The molecule has 0 aliphatic carbocycles. The number of nitrogens with two attached hydrogens (primary N) is 1. The lowest BCUT2D eigenvalue weighted by molar-refractivity contribution is -0.121. The molecule has 5 heteroatoms. The van der Waals surface area contributed by atoms with Crippen LogP contribution in [0.5, 0.6) is 0 Å². The number of hydrogen-bond donors (Lipinski definition) is 2.